The molecule has 29 heavy (non-hydrogen) atoms. The third kappa shape index (κ3) is 5.44. The molecule has 0 saturated carbocycles. The second kappa shape index (κ2) is 8.78. The standard InChI is InChI=1S/C22H28O7/c1-7-12(2)20(24)29-18-11-22(6,26)9-8-16(27-15(5)23)13(3)10-17-19(18)14(4)21(25)28-17/h7-10,16-19,26H,4,11H2,1-3,5-6H3/b9-8-,12-7+,13-10+. The number of carbonyl (C=O) groups is 3. The van der Waals surface area contributed by atoms with Gasteiger partial charge in [0.1, 0.15) is 18.3 Å². The number of allylic oxidation sites excluding steroid dienone is 1. The molecule has 1 fully saturated rings. The van der Waals surface area contributed by atoms with E-state index in [0.717, 1.165) is 0 Å². The number of ether oxygens (including phenoxy) is 3. The molecule has 0 spiro atoms. The first-order valence-electron chi connectivity index (χ1n) is 9.46. The van der Waals surface area contributed by atoms with Crippen LogP contribution in [0.3, 0.4) is 0 Å². The highest BCUT2D eigenvalue weighted by atomic mass is 16.6. The average molecular weight is 404 g/mol. The van der Waals surface area contributed by atoms with Crippen LogP contribution in [0.25, 0.3) is 0 Å². The summed E-state index contributed by atoms with van der Waals surface area (Å²) in [6.07, 6.45) is 4.02. The molecule has 0 radical (unpaired) electrons. The van der Waals surface area contributed by atoms with Gasteiger partial charge in [0.15, 0.2) is 0 Å². The van der Waals surface area contributed by atoms with Crippen molar-refractivity contribution in [1.29, 1.82) is 0 Å². The van der Waals surface area contributed by atoms with Crippen LogP contribution < -0.4 is 0 Å². The molecule has 7 nitrogen and oxygen atoms in total. The zero-order valence-corrected chi connectivity index (χ0v) is 17.4. The molecule has 1 aliphatic heterocycles. The van der Waals surface area contributed by atoms with E-state index in [-0.39, 0.29) is 12.0 Å². The Labute approximate surface area is 170 Å². The van der Waals surface area contributed by atoms with E-state index in [1.165, 1.54) is 13.0 Å². The zero-order chi connectivity index (χ0) is 21.9. The van der Waals surface area contributed by atoms with Crippen molar-refractivity contribution in [2.24, 2.45) is 5.92 Å². The lowest BCUT2D eigenvalue weighted by molar-refractivity contribution is -0.150. The summed E-state index contributed by atoms with van der Waals surface area (Å²) in [6.45, 7) is 11.7. The Balaban J connectivity index is 2.51. The highest BCUT2D eigenvalue weighted by molar-refractivity contribution is 5.92. The third-order valence-electron chi connectivity index (χ3n) is 5.09. The second-order valence-electron chi connectivity index (χ2n) is 7.70. The van der Waals surface area contributed by atoms with Gasteiger partial charge in [0.25, 0.3) is 0 Å². The fraction of sp³-hybridized carbons (Fsp3) is 0.500. The van der Waals surface area contributed by atoms with E-state index in [1.54, 1.807) is 45.9 Å². The second-order valence-corrected chi connectivity index (χ2v) is 7.70. The predicted molar refractivity (Wildman–Crippen MR) is 106 cm³/mol. The average Bonchev–Trinajstić information content (AvgIpc) is 2.89. The van der Waals surface area contributed by atoms with Gasteiger partial charge in [-0.3, -0.25) is 4.79 Å². The fourth-order valence-electron chi connectivity index (χ4n) is 3.36. The van der Waals surface area contributed by atoms with Crippen LogP contribution in [0.4, 0.5) is 0 Å². The van der Waals surface area contributed by atoms with Crippen molar-refractivity contribution in [2.75, 3.05) is 0 Å². The summed E-state index contributed by atoms with van der Waals surface area (Å²) in [5.41, 5.74) is -0.214. The number of rotatable bonds is 3. The van der Waals surface area contributed by atoms with Crippen LogP contribution in [-0.2, 0) is 28.6 Å². The molecular formula is C22H28O7. The quantitative estimate of drug-likeness (QED) is 0.334. The van der Waals surface area contributed by atoms with Crippen LogP contribution in [0.15, 0.2) is 47.6 Å². The molecular weight excluding hydrogens is 376 g/mol. The SMILES string of the molecule is C=C1C(=O)OC2/C=C(\C)C(OC(C)=O)/C=C\C(C)(O)CC(OC(=O)/C(C)=C/C)C12. The first-order valence-corrected chi connectivity index (χ1v) is 9.46. The minimum absolute atomic E-state index is 0.00272. The summed E-state index contributed by atoms with van der Waals surface area (Å²) in [6, 6.07) is 0. The Morgan fingerprint density at radius 2 is 2.00 bits per heavy atom. The maximum Gasteiger partial charge on any atom is 0.334 e. The molecule has 0 aromatic carbocycles. The largest absolute Gasteiger partial charge is 0.458 e. The van der Waals surface area contributed by atoms with Gasteiger partial charge in [-0.2, -0.15) is 0 Å². The van der Waals surface area contributed by atoms with Crippen molar-refractivity contribution in [3.05, 3.63) is 47.6 Å². The van der Waals surface area contributed by atoms with Crippen molar-refractivity contribution in [3.63, 3.8) is 0 Å². The fourth-order valence-corrected chi connectivity index (χ4v) is 3.36. The number of fused-ring (bicyclic) bond motifs is 1. The van der Waals surface area contributed by atoms with E-state index in [4.69, 9.17) is 14.2 Å². The van der Waals surface area contributed by atoms with Gasteiger partial charge in [-0.1, -0.05) is 18.7 Å². The first kappa shape index (κ1) is 22.6. The monoisotopic (exact) mass is 404 g/mol. The smallest absolute Gasteiger partial charge is 0.334 e. The lowest BCUT2D eigenvalue weighted by Gasteiger charge is -2.32. The minimum Gasteiger partial charge on any atom is -0.458 e. The van der Waals surface area contributed by atoms with E-state index in [2.05, 4.69) is 6.58 Å². The van der Waals surface area contributed by atoms with Gasteiger partial charge in [0.05, 0.1) is 11.5 Å². The van der Waals surface area contributed by atoms with E-state index in [0.29, 0.717) is 11.1 Å². The van der Waals surface area contributed by atoms with Gasteiger partial charge in [-0.15, -0.1) is 0 Å². The molecule has 0 aromatic heterocycles. The molecule has 1 saturated heterocycles. The maximum absolute atomic E-state index is 12.4. The molecule has 2 rings (SSSR count). The first-order chi connectivity index (χ1) is 13.4. The molecule has 1 heterocycles. The lowest BCUT2D eigenvalue weighted by atomic mass is 9.82. The summed E-state index contributed by atoms with van der Waals surface area (Å²) in [7, 11) is 0. The van der Waals surface area contributed by atoms with Gasteiger partial charge in [0, 0.05) is 24.5 Å². The van der Waals surface area contributed by atoms with Crippen molar-refractivity contribution >= 4 is 17.9 Å². The Kier molecular flexibility index (Phi) is 6.85. The van der Waals surface area contributed by atoms with Crippen LogP contribution in [0.1, 0.15) is 41.0 Å². The molecule has 1 aliphatic carbocycles. The Bertz CT molecular complexity index is 800. The van der Waals surface area contributed by atoms with Gasteiger partial charge in [0.2, 0.25) is 0 Å². The molecule has 1 N–H and O–H groups in total. The number of esters is 3. The molecule has 5 unspecified atom stereocenters. The van der Waals surface area contributed by atoms with Crippen LogP contribution in [0.2, 0.25) is 0 Å². The lowest BCUT2D eigenvalue weighted by Crippen LogP contribution is -2.40. The summed E-state index contributed by atoms with van der Waals surface area (Å²) < 4.78 is 16.4. The van der Waals surface area contributed by atoms with E-state index in [9.17, 15) is 19.5 Å². The molecule has 0 amide bonds. The summed E-state index contributed by atoms with van der Waals surface area (Å²) in [4.78, 5) is 36.1. The Hall–Kier alpha value is -2.67. The molecule has 158 valence electrons. The normalized spacial score (nSPS) is 35.7. The highest BCUT2D eigenvalue weighted by Crippen LogP contribution is 2.37. The summed E-state index contributed by atoms with van der Waals surface area (Å²) in [5.74, 6) is -2.30. The molecule has 7 heteroatoms. The Morgan fingerprint density at radius 3 is 2.59 bits per heavy atom. The topological polar surface area (TPSA) is 99.1 Å². The number of carbonyl (C=O) groups excluding carboxylic acids is 3. The zero-order valence-electron chi connectivity index (χ0n) is 17.4. The molecule has 0 bridgehead atoms. The van der Waals surface area contributed by atoms with E-state index in [1.807, 2.05) is 0 Å². The van der Waals surface area contributed by atoms with E-state index >= 15 is 0 Å². The van der Waals surface area contributed by atoms with Crippen molar-refractivity contribution in [1.82, 2.24) is 0 Å². The summed E-state index contributed by atoms with van der Waals surface area (Å²) >= 11 is 0. The van der Waals surface area contributed by atoms with Crippen LogP contribution in [-0.4, -0.2) is 46.9 Å². The predicted octanol–water partition coefficient (Wildman–Crippen LogP) is 2.55. The summed E-state index contributed by atoms with van der Waals surface area (Å²) in [5, 5.41) is 10.9. The van der Waals surface area contributed by atoms with Crippen molar-refractivity contribution in [2.45, 2.75) is 65.0 Å². The van der Waals surface area contributed by atoms with Crippen molar-refractivity contribution in [3.8, 4) is 0 Å². The van der Waals surface area contributed by atoms with E-state index < -0.39 is 47.7 Å². The van der Waals surface area contributed by atoms with Gasteiger partial charge < -0.3 is 19.3 Å². The van der Waals surface area contributed by atoms with Crippen LogP contribution in [0.5, 0.6) is 0 Å². The van der Waals surface area contributed by atoms with Crippen LogP contribution >= 0.6 is 0 Å². The Morgan fingerprint density at radius 1 is 1.34 bits per heavy atom. The van der Waals surface area contributed by atoms with Crippen LogP contribution in [0, 0.1) is 5.92 Å². The minimum atomic E-state index is -1.40. The van der Waals surface area contributed by atoms with Gasteiger partial charge in [-0.05, 0) is 45.4 Å². The maximum atomic E-state index is 12.4. The van der Waals surface area contributed by atoms with Crippen molar-refractivity contribution < 1.29 is 33.7 Å². The number of hydrogen-bond donors (Lipinski definition) is 1. The number of hydrogen-bond acceptors (Lipinski definition) is 7. The van der Waals surface area contributed by atoms with Gasteiger partial charge >= 0.3 is 17.9 Å². The highest BCUT2D eigenvalue weighted by Gasteiger charge is 2.46. The number of aliphatic hydroxyl groups is 1. The molecule has 0 aromatic rings. The molecule has 5 atom stereocenters. The molecule has 2 aliphatic rings. The third-order valence-corrected chi connectivity index (χ3v) is 5.09. The van der Waals surface area contributed by atoms with Gasteiger partial charge in [-0.25, -0.2) is 9.59 Å².